The normalized spacial score (nSPS) is 29.3. The average Bonchev–Trinajstić information content (AvgIpc) is 2.76. The third-order valence-corrected chi connectivity index (χ3v) is 6.35. The van der Waals surface area contributed by atoms with Gasteiger partial charge in [0.1, 0.15) is 6.10 Å². The zero-order valence-corrected chi connectivity index (χ0v) is 17.4. The van der Waals surface area contributed by atoms with Gasteiger partial charge in [0, 0.05) is 25.6 Å². The molecule has 2 amide bonds. The van der Waals surface area contributed by atoms with Gasteiger partial charge in [0.2, 0.25) is 11.8 Å². The van der Waals surface area contributed by atoms with Crippen molar-refractivity contribution in [2.75, 3.05) is 46.0 Å². The van der Waals surface area contributed by atoms with Crippen LogP contribution in [0.3, 0.4) is 0 Å². The Balaban J connectivity index is 1.35. The quantitative estimate of drug-likeness (QED) is 0.536. The predicted octanol–water partition coefficient (Wildman–Crippen LogP) is 0.430. The summed E-state index contributed by atoms with van der Waals surface area (Å²) < 4.78 is 11.3. The van der Waals surface area contributed by atoms with Crippen molar-refractivity contribution in [3.05, 3.63) is 0 Å². The standard InChI is InChI=1S/C21H37N3O5/c25-15-19-18(23-20(26)14-24-10-12-28-13-11-24)7-6-17(29-19)8-9-22-21(27)16-4-2-1-3-5-16/h16-19,25H,1-15H2,(H,22,27)(H,23,26)/t17-,18+,19-/m1/s1. The first-order valence-electron chi connectivity index (χ1n) is 11.3. The summed E-state index contributed by atoms with van der Waals surface area (Å²) in [4.78, 5) is 26.7. The van der Waals surface area contributed by atoms with E-state index in [4.69, 9.17) is 9.47 Å². The summed E-state index contributed by atoms with van der Waals surface area (Å²) in [5.74, 6) is 0.317. The molecule has 2 saturated heterocycles. The highest BCUT2D eigenvalue weighted by Gasteiger charge is 2.32. The Kier molecular flexibility index (Phi) is 9.17. The fraction of sp³-hybridized carbons (Fsp3) is 0.905. The van der Waals surface area contributed by atoms with Gasteiger partial charge in [-0.3, -0.25) is 14.5 Å². The molecule has 166 valence electrons. The maximum absolute atomic E-state index is 12.3. The monoisotopic (exact) mass is 411 g/mol. The van der Waals surface area contributed by atoms with Gasteiger partial charge in [-0.25, -0.2) is 0 Å². The number of ether oxygens (including phenoxy) is 2. The molecule has 3 rings (SSSR count). The van der Waals surface area contributed by atoms with Gasteiger partial charge in [0.25, 0.3) is 0 Å². The number of nitrogens with zero attached hydrogens (tertiary/aromatic N) is 1. The van der Waals surface area contributed by atoms with E-state index in [0.717, 1.165) is 58.0 Å². The SMILES string of the molecule is O=C(CN1CCOCC1)N[C@H]1CC[C@H](CCNC(=O)C2CCCCC2)O[C@@H]1CO. The van der Waals surface area contributed by atoms with E-state index in [1.807, 2.05) is 0 Å². The zero-order valence-electron chi connectivity index (χ0n) is 17.4. The van der Waals surface area contributed by atoms with Gasteiger partial charge in [0.15, 0.2) is 0 Å². The minimum absolute atomic E-state index is 0.00574. The molecule has 8 heteroatoms. The number of nitrogens with one attached hydrogen (secondary N) is 2. The summed E-state index contributed by atoms with van der Waals surface area (Å²) in [6.07, 6.45) is 7.51. The van der Waals surface area contributed by atoms with Gasteiger partial charge in [-0.1, -0.05) is 19.3 Å². The van der Waals surface area contributed by atoms with Crippen molar-refractivity contribution >= 4 is 11.8 Å². The Morgan fingerprint density at radius 3 is 2.52 bits per heavy atom. The molecule has 0 aromatic heterocycles. The number of amides is 2. The van der Waals surface area contributed by atoms with Crippen LogP contribution in [-0.2, 0) is 19.1 Å². The fourth-order valence-corrected chi connectivity index (χ4v) is 4.59. The second kappa shape index (κ2) is 11.8. The van der Waals surface area contributed by atoms with E-state index >= 15 is 0 Å². The van der Waals surface area contributed by atoms with Crippen LogP contribution in [0.1, 0.15) is 51.4 Å². The molecule has 3 atom stereocenters. The molecule has 3 fully saturated rings. The lowest BCUT2D eigenvalue weighted by molar-refractivity contribution is -0.131. The molecule has 3 aliphatic rings. The van der Waals surface area contributed by atoms with Crippen LogP contribution >= 0.6 is 0 Å². The first-order chi connectivity index (χ1) is 14.2. The molecule has 8 nitrogen and oxygen atoms in total. The van der Waals surface area contributed by atoms with Crippen molar-refractivity contribution in [1.82, 2.24) is 15.5 Å². The molecule has 0 spiro atoms. The summed E-state index contributed by atoms with van der Waals surface area (Å²) in [5.41, 5.74) is 0. The number of morpholine rings is 1. The topological polar surface area (TPSA) is 100 Å². The molecule has 0 unspecified atom stereocenters. The van der Waals surface area contributed by atoms with Crippen LogP contribution < -0.4 is 10.6 Å². The van der Waals surface area contributed by atoms with Gasteiger partial charge in [0.05, 0.1) is 38.5 Å². The van der Waals surface area contributed by atoms with E-state index in [2.05, 4.69) is 15.5 Å². The van der Waals surface area contributed by atoms with Gasteiger partial charge in [-0.05, 0) is 32.1 Å². The molecule has 0 aromatic rings. The highest BCUT2D eigenvalue weighted by Crippen LogP contribution is 2.24. The largest absolute Gasteiger partial charge is 0.394 e. The van der Waals surface area contributed by atoms with E-state index in [0.29, 0.717) is 26.3 Å². The van der Waals surface area contributed by atoms with Gasteiger partial charge in [-0.15, -0.1) is 0 Å². The van der Waals surface area contributed by atoms with Crippen LogP contribution in [0.2, 0.25) is 0 Å². The fourth-order valence-electron chi connectivity index (χ4n) is 4.59. The van der Waals surface area contributed by atoms with Crippen LogP contribution in [0.15, 0.2) is 0 Å². The first-order valence-corrected chi connectivity index (χ1v) is 11.3. The number of aliphatic hydroxyl groups excluding tert-OH is 1. The smallest absolute Gasteiger partial charge is 0.234 e. The number of hydrogen-bond acceptors (Lipinski definition) is 6. The Morgan fingerprint density at radius 2 is 1.79 bits per heavy atom. The van der Waals surface area contributed by atoms with E-state index in [1.54, 1.807) is 0 Å². The second-order valence-electron chi connectivity index (χ2n) is 8.53. The number of carbonyl (C=O) groups excluding carboxylic acids is 2. The van der Waals surface area contributed by atoms with Gasteiger partial charge in [-0.2, -0.15) is 0 Å². The number of aliphatic hydroxyl groups is 1. The van der Waals surface area contributed by atoms with Crippen molar-refractivity contribution in [3.8, 4) is 0 Å². The molecular weight excluding hydrogens is 374 g/mol. The van der Waals surface area contributed by atoms with E-state index in [9.17, 15) is 14.7 Å². The lowest BCUT2D eigenvalue weighted by atomic mass is 9.88. The van der Waals surface area contributed by atoms with Crippen LogP contribution in [0, 0.1) is 5.92 Å². The van der Waals surface area contributed by atoms with Crippen molar-refractivity contribution < 1.29 is 24.2 Å². The molecule has 0 bridgehead atoms. The minimum Gasteiger partial charge on any atom is -0.394 e. The van der Waals surface area contributed by atoms with Crippen molar-refractivity contribution in [3.63, 3.8) is 0 Å². The van der Waals surface area contributed by atoms with Gasteiger partial charge >= 0.3 is 0 Å². The summed E-state index contributed by atoms with van der Waals surface area (Å²) in [7, 11) is 0. The highest BCUT2D eigenvalue weighted by molar-refractivity contribution is 5.79. The van der Waals surface area contributed by atoms with Crippen LogP contribution in [0.5, 0.6) is 0 Å². The molecule has 1 saturated carbocycles. The molecule has 2 heterocycles. The Morgan fingerprint density at radius 1 is 1.03 bits per heavy atom. The third-order valence-electron chi connectivity index (χ3n) is 6.35. The maximum atomic E-state index is 12.3. The van der Waals surface area contributed by atoms with Gasteiger partial charge < -0.3 is 25.2 Å². The predicted molar refractivity (Wildman–Crippen MR) is 108 cm³/mol. The van der Waals surface area contributed by atoms with Crippen molar-refractivity contribution in [1.29, 1.82) is 0 Å². The van der Waals surface area contributed by atoms with Crippen LogP contribution in [0.4, 0.5) is 0 Å². The average molecular weight is 412 g/mol. The Hall–Kier alpha value is -1.22. The van der Waals surface area contributed by atoms with Crippen LogP contribution in [0.25, 0.3) is 0 Å². The number of carbonyl (C=O) groups is 2. The molecule has 3 N–H and O–H groups in total. The van der Waals surface area contributed by atoms with Crippen molar-refractivity contribution in [2.24, 2.45) is 5.92 Å². The van der Waals surface area contributed by atoms with E-state index in [1.165, 1.54) is 6.42 Å². The third kappa shape index (κ3) is 7.20. The Labute approximate surface area is 173 Å². The van der Waals surface area contributed by atoms with Crippen LogP contribution in [-0.4, -0.2) is 86.1 Å². The van der Waals surface area contributed by atoms with E-state index < -0.39 is 6.10 Å². The summed E-state index contributed by atoms with van der Waals surface area (Å²) >= 11 is 0. The zero-order chi connectivity index (χ0) is 20.5. The summed E-state index contributed by atoms with van der Waals surface area (Å²) in [6.45, 7) is 3.71. The lowest BCUT2D eigenvalue weighted by Gasteiger charge is -2.37. The first kappa shape index (κ1) is 22.5. The molecule has 29 heavy (non-hydrogen) atoms. The second-order valence-corrected chi connectivity index (χ2v) is 8.53. The molecule has 0 radical (unpaired) electrons. The Bertz CT molecular complexity index is 520. The molecule has 1 aliphatic carbocycles. The number of rotatable bonds is 8. The molecular formula is C21H37N3O5. The lowest BCUT2D eigenvalue weighted by Crippen LogP contribution is -2.53. The maximum Gasteiger partial charge on any atom is 0.234 e. The summed E-state index contributed by atoms with van der Waals surface area (Å²) in [5, 5.41) is 15.8. The number of hydrogen-bond donors (Lipinski definition) is 3. The van der Waals surface area contributed by atoms with Crippen molar-refractivity contribution in [2.45, 2.75) is 69.6 Å². The summed E-state index contributed by atoms with van der Waals surface area (Å²) in [6, 6.07) is -0.165. The molecule has 0 aromatic carbocycles. The minimum atomic E-state index is -0.392. The highest BCUT2D eigenvalue weighted by atomic mass is 16.5. The molecule has 2 aliphatic heterocycles. The van der Waals surface area contributed by atoms with E-state index in [-0.39, 0.29) is 36.5 Å².